The highest BCUT2D eigenvalue weighted by Crippen LogP contribution is 2.02. The predicted octanol–water partition coefficient (Wildman–Crippen LogP) is 2.76. The highest BCUT2D eigenvalue weighted by atomic mass is 16.4. The number of carbonyl (C=O) groups is 2. The summed E-state index contributed by atoms with van der Waals surface area (Å²) >= 11 is 0. The van der Waals surface area contributed by atoms with Crippen molar-refractivity contribution in [3.63, 3.8) is 0 Å². The molecule has 0 aromatic heterocycles. The smallest absolute Gasteiger partial charge is 0.314 e. The average Bonchev–Trinajstić information content (AvgIpc) is 2.33. The van der Waals surface area contributed by atoms with E-state index in [1.54, 1.807) is 0 Å². The van der Waals surface area contributed by atoms with Gasteiger partial charge in [0, 0.05) is 19.5 Å². The van der Waals surface area contributed by atoms with E-state index in [9.17, 15) is 9.59 Å². The standard InChI is InChI=1S/C14H28N2O3/c1-12(2)8-7-11-16-14(19)15-10-6-4-3-5-9-13(17)18/h12H,3-11H2,1-2H3,(H,17,18)(H2,15,16,19). The van der Waals surface area contributed by atoms with E-state index >= 15 is 0 Å². The summed E-state index contributed by atoms with van der Waals surface area (Å²) in [5.74, 6) is -0.0606. The molecule has 0 aromatic carbocycles. The third-order valence-corrected chi connectivity index (χ3v) is 2.85. The molecule has 0 unspecified atom stereocenters. The van der Waals surface area contributed by atoms with Gasteiger partial charge in [0.05, 0.1) is 0 Å². The van der Waals surface area contributed by atoms with E-state index < -0.39 is 5.97 Å². The number of hydrogen-bond acceptors (Lipinski definition) is 2. The van der Waals surface area contributed by atoms with Crippen molar-refractivity contribution in [3.8, 4) is 0 Å². The van der Waals surface area contributed by atoms with Crippen LogP contribution in [-0.2, 0) is 4.79 Å². The SMILES string of the molecule is CC(C)CCCNC(=O)NCCCCCCC(=O)O. The quantitative estimate of drug-likeness (QED) is 0.506. The van der Waals surface area contributed by atoms with Gasteiger partial charge in [0.1, 0.15) is 0 Å². The molecule has 0 atom stereocenters. The first-order valence-electron chi connectivity index (χ1n) is 7.26. The molecule has 0 aliphatic heterocycles. The zero-order valence-electron chi connectivity index (χ0n) is 12.2. The van der Waals surface area contributed by atoms with Gasteiger partial charge in [-0.3, -0.25) is 4.79 Å². The lowest BCUT2D eigenvalue weighted by Crippen LogP contribution is -2.36. The molecule has 0 spiro atoms. The van der Waals surface area contributed by atoms with Crippen LogP contribution in [0.25, 0.3) is 0 Å². The van der Waals surface area contributed by atoms with Crippen LogP contribution in [0.15, 0.2) is 0 Å². The number of carboxylic acid groups (broad SMARTS) is 1. The minimum Gasteiger partial charge on any atom is -0.481 e. The van der Waals surface area contributed by atoms with E-state index in [0.717, 1.165) is 45.1 Å². The minimum atomic E-state index is -0.737. The summed E-state index contributed by atoms with van der Waals surface area (Å²) in [6, 6.07) is -0.103. The second kappa shape index (κ2) is 11.8. The van der Waals surface area contributed by atoms with E-state index in [2.05, 4.69) is 24.5 Å². The third-order valence-electron chi connectivity index (χ3n) is 2.85. The van der Waals surface area contributed by atoms with Gasteiger partial charge >= 0.3 is 12.0 Å². The van der Waals surface area contributed by atoms with Gasteiger partial charge in [-0.05, 0) is 31.6 Å². The number of nitrogens with one attached hydrogen (secondary N) is 2. The molecule has 0 aliphatic carbocycles. The number of carbonyl (C=O) groups excluding carboxylic acids is 1. The lowest BCUT2D eigenvalue weighted by molar-refractivity contribution is -0.137. The van der Waals surface area contributed by atoms with Gasteiger partial charge in [-0.2, -0.15) is 0 Å². The Morgan fingerprint density at radius 2 is 1.53 bits per heavy atom. The Morgan fingerprint density at radius 1 is 0.947 bits per heavy atom. The Balaban J connectivity index is 3.22. The van der Waals surface area contributed by atoms with Gasteiger partial charge < -0.3 is 15.7 Å². The Hall–Kier alpha value is -1.26. The Kier molecular flexibility index (Phi) is 11.0. The number of aliphatic carboxylic acids is 1. The zero-order valence-corrected chi connectivity index (χ0v) is 12.2. The van der Waals surface area contributed by atoms with Gasteiger partial charge in [-0.1, -0.05) is 26.7 Å². The molecule has 19 heavy (non-hydrogen) atoms. The molecule has 0 radical (unpaired) electrons. The maximum atomic E-state index is 11.4. The van der Waals surface area contributed by atoms with E-state index in [1.807, 2.05) is 0 Å². The van der Waals surface area contributed by atoms with Gasteiger partial charge in [0.2, 0.25) is 0 Å². The topological polar surface area (TPSA) is 78.4 Å². The van der Waals surface area contributed by atoms with E-state index in [0.29, 0.717) is 12.5 Å². The van der Waals surface area contributed by atoms with Crippen molar-refractivity contribution < 1.29 is 14.7 Å². The number of carboxylic acids is 1. The van der Waals surface area contributed by atoms with Crippen molar-refractivity contribution in [2.24, 2.45) is 5.92 Å². The van der Waals surface area contributed by atoms with Crippen molar-refractivity contribution in [1.82, 2.24) is 10.6 Å². The predicted molar refractivity (Wildman–Crippen MR) is 76.2 cm³/mol. The number of unbranched alkanes of at least 4 members (excludes halogenated alkanes) is 3. The molecular weight excluding hydrogens is 244 g/mol. The molecule has 3 N–H and O–H groups in total. The molecule has 0 saturated carbocycles. The molecular formula is C14H28N2O3. The van der Waals surface area contributed by atoms with Gasteiger partial charge in [0.25, 0.3) is 0 Å². The first-order valence-corrected chi connectivity index (χ1v) is 7.26. The molecule has 5 nitrogen and oxygen atoms in total. The highest BCUT2D eigenvalue weighted by molar-refractivity contribution is 5.73. The Bertz CT molecular complexity index is 255. The molecule has 0 saturated heterocycles. The second-order valence-corrected chi connectivity index (χ2v) is 5.28. The fraction of sp³-hybridized carbons (Fsp3) is 0.857. The molecule has 0 heterocycles. The summed E-state index contributed by atoms with van der Waals surface area (Å²) in [7, 11) is 0. The van der Waals surface area contributed by atoms with E-state index in [1.165, 1.54) is 0 Å². The zero-order chi connectivity index (χ0) is 14.5. The van der Waals surface area contributed by atoms with Crippen LogP contribution in [0.2, 0.25) is 0 Å². The van der Waals surface area contributed by atoms with Crippen molar-refractivity contribution in [2.75, 3.05) is 13.1 Å². The molecule has 5 heteroatoms. The molecule has 0 fully saturated rings. The van der Waals surface area contributed by atoms with Crippen LogP contribution in [0, 0.1) is 5.92 Å². The molecule has 112 valence electrons. The van der Waals surface area contributed by atoms with Crippen LogP contribution in [0.4, 0.5) is 4.79 Å². The lowest BCUT2D eigenvalue weighted by atomic mass is 10.1. The lowest BCUT2D eigenvalue weighted by Gasteiger charge is -2.08. The monoisotopic (exact) mass is 272 g/mol. The summed E-state index contributed by atoms with van der Waals surface area (Å²) in [4.78, 5) is 21.6. The van der Waals surface area contributed by atoms with Gasteiger partial charge in [0.15, 0.2) is 0 Å². The summed E-state index contributed by atoms with van der Waals surface area (Å²) in [6.07, 6.45) is 5.87. The first-order chi connectivity index (χ1) is 9.02. The van der Waals surface area contributed by atoms with Crippen LogP contribution in [0.5, 0.6) is 0 Å². The number of rotatable bonds is 11. The van der Waals surface area contributed by atoms with E-state index in [4.69, 9.17) is 5.11 Å². The summed E-state index contributed by atoms with van der Waals surface area (Å²) in [6.45, 7) is 5.72. The van der Waals surface area contributed by atoms with Crippen LogP contribution in [-0.4, -0.2) is 30.2 Å². The second-order valence-electron chi connectivity index (χ2n) is 5.28. The van der Waals surface area contributed by atoms with Crippen molar-refractivity contribution in [3.05, 3.63) is 0 Å². The fourth-order valence-electron chi connectivity index (χ4n) is 1.73. The van der Waals surface area contributed by atoms with Crippen LogP contribution in [0.1, 0.15) is 58.8 Å². The number of amides is 2. The molecule has 0 rings (SSSR count). The molecule has 0 aromatic rings. The minimum absolute atomic E-state index is 0.103. The highest BCUT2D eigenvalue weighted by Gasteiger charge is 2.00. The Labute approximate surface area is 116 Å². The van der Waals surface area contributed by atoms with Crippen molar-refractivity contribution >= 4 is 12.0 Å². The number of hydrogen-bond donors (Lipinski definition) is 3. The summed E-state index contributed by atoms with van der Waals surface area (Å²) in [5.41, 5.74) is 0. The first kappa shape index (κ1) is 17.7. The van der Waals surface area contributed by atoms with Crippen molar-refractivity contribution in [1.29, 1.82) is 0 Å². The molecule has 0 aliphatic rings. The average molecular weight is 272 g/mol. The van der Waals surface area contributed by atoms with Crippen LogP contribution < -0.4 is 10.6 Å². The van der Waals surface area contributed by atoms with Crippen LogP contribution in [0.3, 0.4) is 0 Å². The van der Waals surface area contributed by atoms with Crippen molar-refractivity contribution in [2.45, 2.75) is 58.8 Å². The maximum Gasteiger partial charge on any atom is 0.314 e. The van der Waals surface area contributed by atoms with E-state index in [-0.39, 0.29) is 12.5 Å². The van der Waals surface area contributed by atoms with Gasteiger partial charge in [-0.15, -0.1) is 0 Å². The molecule has 2 amide bonds. The summed E-state index contributed by atoms with van der Waals surface area (Å²) in [5, 5.41) is 14.1. The van der Waals surface area contributed by atoms with Crippen LogP contribution >= 0.6 is 0 Å². The number of urea groups is 1. The third kappa shape index (κ3) is 14.7. The van der Waals surface area contributed by atoms with Gasteiger partial charge in [-0.25, -0.2) is 4.79 Å². The Morgan fingerprint density at radius 3 is 2.11 bits per heavy atom. The molecule has 0 bridgehead atoms. The normalized spacial score (nSPS) is 10.5. The largest absolute Gasteiger partial charge is 0.481 e. The maximum absolute atomic E-state index is 11.4. The fourth-order valence-corrected chi connectivity index (χ4v) is 1.73. The summed E-state index contributed by atoms with van der Waals surface area (Å²) < 4.78 is 0.